The highest BCUT2D eigenvalue weighted by molar-refractivity contribution is 7.17. The van der Waals surface area contributed by atoms with E-state index in [4.69, 9.17) is 9.47 Å². The first-order valence-corrected chi connectivity index (χ1v) is 7.82. The van der Waals surface area contributed by atoms with Gasteiger partial charge in [-0.3, -0.25) is 14.9 Å². The maximum Gasteiger partial charge on any atom is 0.324 e. The summed E-state index contributed by atoms with van der Waals surface area (Å²) in [6.07, 6.45) is 0. The lowest BCUT2D eigenvalue weighted by Crippen LogP contribution is -2.10. The molecule has 0 aliphatic carbocycles. The van der Waals surface area contributed by atoms with Crippen LogP contribution in [0, 0.1) is 10.1 Å². The van der Waals surface area contributed by atoms with Crippen LogP contribution >= 0.6 is 11.3 Å². The Morgan fingerprint density at radius 2 is 1.87 bits per heavy atom. The van der Waals surface area contributed by atoms with Crippen LogP contribution in [0.5, 0.6) is 11.5 Å². The predicted molar refractivity (Wildman–Crippen MR) is 87.7 cm³/mol. The Morgan fingerprint density at radius 1 is 1.17 bits per heavy atom. The second-order valence-corrected chi connectivity index (χ2v) is 5.44. The smallest absolute Gasteiger partial charge is 0.324 e. The van der Waals surface area contributed by atoms with Gasteiger partial charge in [0.1, 0.15) is 0 Å². The summed E-state index contributed by atoms with van der Waals surface area (Å²) in [5.41, 5.74) is 0.526. The van der Waals surface area contributed by atoms with Gasteiger partial charge >= 0.3 is 5.00 Å². The number of amides is 1. The molecule has 0 aliphatic heterocycles. The van der Waals surface area contributed by atoms with Gasteiger partial charge in [-0.25, -0.2) is 0 Å². The number of anilines is 1. The maximum atomic E-state index is 12.1. The van der Waals surface area contributed by atoms with E-state index in [0.717, 1.165) is 11.3 Å². The van der Waals surface area contributed by atoms with E-state index in [1.54, 1.807) is 18.2 Å². The lowest BCUT2D eigenvalue weighted by atomic mass is 10.2. The van der Waals surface area contributed by atoms with Crippen LogP contribution in [-0.2, 0) is 0 Å². The van der Waals surface area contributed by atoms with Crippen molar-refractivity contribution in [1.29, 1.82) is 0 Å². The molecule has 1 amide bonds. The van der Waals surface area contributed by atoms with E-state index >= 15 is 0 Å². The molecule has 0 fully saturated rings. The quantitative estimate of drug-likeness (QED) is 0.615. The molecule has 2 rings (SSSR count). The Balaban J connectivity index is 2.16. The van der Waals surface area contributed by atoms with Crippen LogP contribution in [0.2, 0.25) is 0 Å². The summed E-state index contributed by atoms with van der Waals surface area (Å²) in [5.74, 6) is 0.720. The van der Waals surface area contributed by atoms with Crippen molar-refractivity contribution in [1.82, 2.24) is 0 Å². The van der Waals surface area contributed by atoms with E-state index < -0.39 is 10.8 Å². The Bertz CT molecular complexity index is 714. The summed E-state index contributed by atoms with van der Waals surface area (Å²) in [5, 5.41) is 13.3. The standard InChI is InChI=1S/C15H16N2O5S/c1-3-21-11-6-5-10(9-12(11)22-4-2)16-15(18)13-7-8-14(23-13)17(19)20/h5-9H,3-4H2,1-2H3,(H,16,18). The maximum absolute atomic E-state index is 12.1. The molecule has 0 unspecified atom stereocenters. The van der Waals surface area contributed by atoms with E-state index in [1.807, 2.05) is 13.8 Å². The number of rotatable bonds is 7. The fourth-order valence-electron chi connectivity index (χ4n) is 1.87. The van der Waals surface area contributed by atoms with Crippen molar-refractivity contribution in [3.63, 3.8) is 0 Å². The number of nitrogens with zero attached hydrogens (tertiary/aromatic N) is 1. The first-order valence-electron chi connectivity index (χ1n) is 7.00. The molecule has 0 saturated carbocycles. The number of ether oxygens (including phenoxy) is 2. The largest absolute Gasteiger partial charge is 0.490 e. The zero-order valence-corrected chi connectivity index (χ0v) is 13.5. The molecular weight excluding hydrogens is 320 g/mol. The molecule has 8 heteroatoms. The highest BCUT2D eigenvalue weighted by atomic mass is 32.1. The molecule has 1 aromatic carbocycles. The molecule has 122 valence electrons. The zero-order valence-electron chi connectivity index (χ0n) is 12.7. The number of hydrogen-bond acceptors (Lipinski definition) is 6. The van der Waals surface area contributed by atoms with Gasteiger partial charge in [0.15, 0.2) is 11.5 Å². The summed E-state index contributed by atoms with van der Waals surface area (Å²) in [6.45, 7) is 4.69. The van der Waals surface area contributed by atoms with Crippen LogP contribution in [0.3, 0.4) is 0 Å². The van der Waals surface area contributed by atoms with Crippen molar-refractivity contribution in [3.8, 4) is 11.5 Å². The van der Waals surface area contributed by atoms with Gasteiger partial charge in [-0.15, -0.1) is 0 Å². The number of thiophene rings is 1. The van der Waals surface area contributed by atoms with Gasteiger partial charge in [-0.2, -0.15) is 0 Å². The molecule has 1 heterocycles. The molecule has 0 spiro atoms. The van der Waals surface area contributed by atoms with Gasteiger partial charge in [0, 0.05) is 17.8 Å². The number of hydrogen-bond donors (Lipinski definition) is 1. The Kier molecular flexibility index (Phi) is 5.53. The minimum absolute atomic E-state index is 0.0724. The summed E-state index contributed by atoms with van der Waals surface area (Å²) in [7, 11) is 0. The average molecular weight is 336 g/mol. The first-order chi connectivity index (χ1) is 11.0. The minimum Gasteiger partial charge on any atom is -0.490 e. The topological polar surface area (TPSA) is 90.7 Å². The molecule has 23 heavy (non-hydrogen) atoms. The molecule has 7 nitrogen and oxygen atoms in total. The summed E-state index contributed by atoms with van der Waals surface area (Å²) in [4.78, 5) is 22.5. The van der Waals surface area contributed by atoms with Crippen molar-refractivity contribution in [2.24, 2.45) is 0 Å². The highest BCUT2D eigenvalue weighted by Crippen LogP contribution is 2.31. The monoisotopic (exact) mass is 336 g/mol. The number of nitrogens with one attached hydrogen (secondary N) is 1. The summed E-state index contributed by atoms with van der Waals surface area (Å²) < 4.78 is 10.9. The van der Waals surface area contributed by atoms with Crippen molar-refractivity contribution < 1.29 is 19.2 Å². The lowest BCUT2D eigenvalue weighted by Gasteiger charge is -2.12. The summed E-state index contributed by atoms with van der Waals surface area (Å²) in [6, 6.07) is 7.79. The SMILES string of the molecule is CCOc1ccc(NC(=O)c2ccc([N+](=O)[O-])s2)cc1OCC. The molecule has 0 aliphatic rings. The second-order valence-electron chi connectivity index (χ2n) is 4.38. The van der Waals surface area contributed by atoms with Gasteiger partial charge in [-0.1, -0.05) is 11.3 Å². The molecule has 0 bridgehead atoms. The number of carbonyl (C=O) groups excluding carboxylic acids is 1. The van der Waals surface area contributed by atoms with Crippen molar-refractivity contribution >= 4 is 27.9 Å². The molecular formula is C15H16N2O5S. The van der Waals surface area contributed by atoms with Gasteiger partial charge < -0.3 is 14.8 Å². The third-order valence-corrected chi connectivity index (χ3v) is 3.83. The van der Waals surface area contributed by atoms with E-state index in [1.165, 1.54) is 12.1 Å². The molecule has 0 saturated heterocycles. The van der Waals surface area contributed by atoms with Gasteiger partial charge in [0.25, 0.3) is 5.91 Å². The zero-order chi connectivity index (χ0) is 16.8. The van der Waals surface area contributed by atoms with E-state index in [2.05, 4.69) is 5.32 Å². The number of carbonyl (C=O) groups is 1. The predicted octanol–water partition coefficient (Wildman–Crippen LogP) is 3.71. The van der Waals surface area contributed by atoms with Gasteiger partial charge in [0.05, 0.1) is 23.0 Å². The molecule has 1 N–H and O–H groups in total. The number of benzene rings is 1. The molecule has 2 aromatic rings. The van der Waals surface area contributed by atoms with Crippen LogP contribution in [0.1, 0.15) is 23.5 Å². The molecule has 0 atom stereocenters. The Labute approximate surface area is 137 Å². The van der Waals surface area contributed by atoms with E-state index in [0.29, 0.717) is 30.4 Å². The Morgan fingerprint density at radius 3 is 2.48 bits per heavy atom. The number of nitro groups is 1. The van der Waals surface area contributed by atoms with E-state index in [9.17, 15) is 14.9 Å². The average Bonchev–Trinajstić information content (AvgIpc) is 3.00. The van der Waals surface area contributed by atoms with Crippen molar-refractivity contribution in [2.45, 2.75) is 13.8 Å². The third-order valence-electron chi connectivity index (χ3n) is 2.80. The third kappa shape index (κ3) is 4.19. The Hall–Kier alpha value is -2.61. The fourth-order valence-corrected chi connectivity index (χ4v) is 2.59. The van der Waals surface area contributed by atoms with Crippen LogP contribution in [-0.4, -0.2) is 24.0 Å². The van der Waals surface area contributed by atoms with E-state index in [-0.39, 0.29) is 9.88 Å². The molecule has 0 radical (unpaired) electrons. The van der Waals surface area contributed by atoms with Gasteiger partial charge in [-0.05, 0) is 32.0 Å². The van der Waals surface area contributed by atoms with Crippen LogP contribution in [0.4, 0.5) is 10.7 Å². The first kappa shape index (κ1) is 16.8. The van der Waals surface area contributed by atoms with Crippen molar-refractivity contribution in [2.75, 3.05) is 18.5 Å². The van der Waals surface area contributed by atoms with Crippen LogP contribution < -0.4 is 14.8 Å². The normalized spacial score (nSPS) is 10.2. The van der Waals surface area contributed by atoms with Crippen molar-refractivity contribution in [3.05, 3.63) is 45.3 Å². The molecule has 1 aromatic heterocycles. The highest BCUT2D eigenvalue weighted by Gasteiger charge is 2.16. The second kappa shape index (κ2) is 7.59. The minimum atomic E-state index is -0.522. The van der Waals surface area contributed by atoms with Crippen LogP contribution in [0.25, 0.3) is 0 Å². The van der Waals surface area contributed by atoms with Gasteiger partial charge in [0.2, 0.25) is 0 Å². The summed E-state index contributed by atoms with van der Waals surface area (Å²) >= 11 is 0.827. The lowest BCUT2D eigenvalue weighted by molar-refractivity contribution is -0.380. The van der Waals surface area contributed by atoms with Crippen LogP contribution in [0.15, 0.2) is 30.3 Å². The fraction of sp³-hybridized carbons (Fsp3) is 0.267.